The third kappa shape index (κ3) is 6.26. The molecule has 3 aromatic rings. The van der Waals surface area contributed by atoms with Crippen molar-refractivity contribution in [1.29, 1.82) is 0 Å². The van der Waals surface area contributed by atoms with Crippen LogP contribution in [0.25, 0.3) is 6.08 Å². The number of carbonyl (C=O) groups is 1. The first-order chi connectivity index (χ1) is 15.3. The monoisotopic (exact) mass is 471 g/mol. The van der Waals surface area contributed by atoms with Gasteiger partial charge in [-0.3, -0.25) is 14.9 Å². The van der Waals surface area contributed by atoms with Gasteiger partial charge in [-0.1, -0.05) is 29.8 Å². The average Bonchev–Trinajstić information content (AvgIpc) is 2.79. The second-order valence-corrected chi connectivity index (χ2v) is 8.94. The van der Waals surface area contributed by atoms with Crippen LogP contribution >= 0.6 is 11.6 Å². The van der Waals surface area contributed by atoms with E-state index in [-0.39, 0.29) is 10.5 Å². The number of halogens is 1. The number of ether oxygens (including phenoxy) is 1. The highest BCUT2D eigenvalue weighted by atomic mass is 35.5. The average molecular weight is 472 g/mol. The van der Waals surface area contributed by atoms with Crippen molar-refractivity contribution in [2.24, 2.45) is 0 Å². The summed E-state index contributed by atoms with van der Waals surface area (Å²) in [6, 6.07) is 19.5. The number of hydrazine groups is 1. The summed E-state index contributed by atoms with van der Waals surface area (Å²) >= 11 is 5.83. The van der Waals surface area contributed by atoms with Gasteiger partial charge in [0.25, 0.3) is 15.9 Å². The number of rotatable bonds is 8. The van der Waals surface area contributed by atoms with Gasteiger partial charge in [-0.2, -0.15) is 0 Å². The second kappa shape index (κ2) is 10.2. The Morgan fingerprint density at radius 1 is 0.969 bits per heavy atom. The Bertz CT molecular complexity index is 1220. The van der Waals surface area contributed by atoms with Crippen LogP contribution in [-0.4, -0.2) is 21.4 Å². The number of methoxy groups -OCH3 is 1. The Balaban J connectivity index is 1.66. The molecule has 0 heterocycles. The van der Waals surface area contributed by atoms with E-state index in [9.17, 15) is 13.2 Å². The standard InChI is InChI=1S/C23H22ClN3O4S/c1-16(14-17-6-12-21(31-2)13-7-17)25-26-23(28)18-4-3-5-22(15-18)32(29,30)27-20-10-8-19(24)9-11-20/h3-15,25,27H,1-2H3,(H,26,28). The van der Waals surface area contributed by atoms with Crippen LogP contribution in [0.4, 0.5) is 5.69 Å². The van der Waals surface area contributed by atoms with Gasteiger partial charge in [-0.25, -0.2) is 8.42 Å². The number of nitrogens with one attached hydrogen (secondary N) is 3. The minimum atomic E-state index is -3.88. The predicted molar refractivity (Wildman–Crippen MR) is 126 cm³/mol. The zero-order valence-electron chi connectivity index (χ0n) is 17.4. The zero-order valence-corrected chi connectivity index (χ0v) is 19.0. The van der Waals surface area contributed by atoms with E-state index in [1.165, 1.54) is 24.3 Å². The summed E-state index contributed by atoms with van der Waals surface area (Å²) in [5.41, 5.74) is 7.55. The van der Waals surface area contributed by atoms with Gasteiger partial charge in [0.05, 0.1) is 12.0 Å². The van der Waals surface area contributed by atoms with Crippen molar-refractivity contribution in [3.8, 4) is 5.75 Å². The van der Waals surface area contributed by atoms with Crippen molar-refractivity contribution in [3.63, 3.8) is 0 Å². The summed E-state index contributed by atoms with van der Waals surface area (Å²) < 4.78 is 32.9. The smallest absolute Gasteiger partial charge is 0.269 e. The zero-order chi connectivity index (χ0) is 23.1. The molecule has 0 saturated heterocycles. The van der Waals surface area contributed by atoms with Crippen LogP contribution in [0.2, 0.25) is 5.02 Å². The first-order valence-corrected chi connectivity index (χ1v) is 11.4. The van der Waals surface area contributed by atoms with Crippen LogP contribution in [0.1, 0.15) is 22.8 Å². The topological polar surface area (TPSA) is 96.5 Å². The van der Waals surface area contributed by atoms with E-state index in [4.69, 9.17) is 16.3 Å². The Labute approximate surface area is 192 Å². The highest BCUT2D eigenvalue weighted by molar-refractivity contribution is 7.92. The lowest BCUT2D eigenvalue weighted by atomic mass is 10.2. The maximum absolute atomic E-state index is 12.7. The third-order valence-electron chi connectivity index (χ3n) is 4.38. The van der Waals surface area contributed by atoms with Crippen molar-refractivity contribution in [3.05, 3.63) is 94.6 Å². The van der Waals surface area contributed by atoms with Crippen molar-refractivity contribution in [2.45, 2.75) is 11.8 Å². The number of hydrogen-bond acceptors (Lipinski definition) is 5. The van der Waals surface area contributed by atoms with Crippen LogP contribution in [0.15, 0.2) is 83.4 Å². The lowest BCUT2D eigenvalue weighted by Crippen LogP contribution is -2.36. The van der Waals surface area contributed by atoms with Gasteiger partial charge in [-0.05, 0) is 73.2 Å². The largest absolute Gasteiger partial charge is 0.497 e. The molecule has 0 aliphatic carbocycles. The first-order valence-electron chi connectivity index (χ1n) is 9.54. The van der Waals surface area contributed by atoms with Crippen LogP contribution in [0, 0.1) is 0 Å². The fourth-order valence-corrected chi connectivity index (χ4v) is 3.98. The number of anilines is 1. The van der Waals surface area contributed by atoms with Crippen LogP contribution in [0.5, 0.6) is 5.75 Å². The minimum absolute atomic E-state index is 0.0365. The highest BCUT2D eigenvalue weighted by Crippen LogP contribution is 2.19. The molecule has 1 amide bonds. The summed E-state index contributed by atoms with van der Waals surface area (Å²) in [7, 11) is -2.28. The maximum atomic E-state index is 12.7. The van der Waals surface area contributed by atoms with Gasteiger partial charge in [0, 0.05) is 22.0 Å². The summed E-state index contributed by atoms with van der Waals surface area (Å²) in [5.74, 6) is 0.275. The molecule has 0 aliphatic rings. The summed E-state index contributed by atoms with van der Waals surface area (Å²) in [4.78, 5) is 12.5. The molecule has 3 aromatic carbocycles. The number of benzene rings is 3. The van der Waals surface area contributed by atoms with E-state index in [0.717, 1.165) is 11.3 Å². The van der Waals surface area contributed by atoms with E-state index < -0.39 is 15.9 Å². The number of carbonyl (C=O) groups excluding carboxylic acids is 1. The number of hydrogen-bond donors (Lipinski definition) is 3. The molecule has 166 valence electrons. The van der Waals surface area contributed by atoms with Gasteiger partial charge in [0.15, 0.2) is 0 Å². The van der Waals surface area contributed by atoms with Gasteiger partial charge in [-0.15, -0.1) is 0 Å². The van der Waals surface area contributed by atoms with Gasteiger partial charge in [0.2, 0.25) is 0 Å². The van der Waals surface area contributed by atoms with E-state index >= 15 is 0 Å². The molecule has 0 atom stereocenters. The molecule has 0 saturated carbocycles. The molecule has 0 fully saturated rings. The molecule has 0 spiro atoms. The molecular weight excluding hydrogens is 450 g/mol. The molecule has 0 bridgehead atoms. The number of amides is 1. The predicted octanol–water partition coefficient (Wildman–Crippen LogP) is 4.44. The SMILES string of the molecule is COc1ccc(C=C(C)NNC(=O)c2cccc(S(=O)(=O)Nc3ccc(Cl)cc3)c2)cc1. The third-order valence-corrected chi connectivity index (χ3v) is 6.01. The highest BCUT2D eigenvalue weighted by Gasteiger charge is 2.16. The minimum Gasteiger partial charge on any atom is -0.497 e. The van der Waals surface area contributed by atoms with E-state index in [0.29, 0.717) is 16.4 Å². The quantitative estimate of drug-likeness (QED) is 0.422. The first kappa shape index (κ1) is 23.2. The van der Waals surface area contributed by atoms with Gasteiger partial charge in [0.1, 0.15) is 5.75 Å². The van der Waals surface area contributed by atoms with Crippen molar-refractivity contribution in [2.75, 3.05) is 11.8 Å². The molecule has 0 aliphatic heterocycles. The Kier molecular flexibility index (Phi) is 7.40. The van der Waals surface area contributed by atoms with Crippen molar-refractivity contribution in [1.82, 2.24) is 10.9 Å². The molecule has 32 heavy (non-hydrogen) atoms. The molecular formula is C23H22ClN3O4S. The Morgan fingerprint density at radius 3 is 2.31 bits per heavy atom. The fourth-order valence-electron chi connectivity index (χ4n) is 2.75. The lowest BCUT2D eigenvalue weighted by Gasteiger charge is -2.11. The molecule has 9 heteroatoms. The molecule has 3 rings (SSSR count). The lowest BCUT2D eigenvalue weighted by molar-refractivity contribution is 0.0939. The van der Waals surface area contributed by atoms with Crippen LogP contribution in [-0.2, 0) is 10.0 Å². The molecule has 0 radical (unpaired) electrons. The van der Waals surface area contributed by atoms with E-state index in [1.54, 1.807) is 38.3 Å². The molecule has 3 N–H and O–H groups in total. The molecule has 0 aromatic heterocycles. The summed E-state index contributed by atoms with van der Waals surface area (Å²) in [5, 5.41) is 0.496. The number of sulfonamides is 1. The Morgan fingerprint density at radius 2 is 1.66 bits per heavy atom. The van der Waals surface area contributed by atoms with Crippen LogP contribution in [0.3, 0.4) is 0 Å². The van der Waals surface area contributed by atoms with Gasteiger partial charge < -0.3 is 10.2 Å². The van der Waals surface area contributed by atoms with Gasteiger partial charge >= 0.3 is 0 Å². The van der Waals surface area contributed by atoms with E-state index in [1.807, 2.05) is 30.3 Å². The van der Waals surface area contributed by atoms with Crippen molar-refractivity contribution < 1.29 is 17.9 Å². The summed E-state index contributed by atoms with van der Waals surface area (Å²) in [6.45, 7) is 1.79. The second-order valence-electron chi connectivity index (χ2n) is 6.82. The normalized spacial score (nSPS) is 11.5. The van der Waals surface area contributed by atoms with Crippen molar-refractivity contribution >= 4 is 39.3 Å². The van der Waals surface area contributed by atoms with E-state index in [2.05, 4.69) is 15.6 Å². The summed E-state index contributed by atoms with van der Waals surface area (Å²) in [6.07, 6.45) is 1.84. The fraction of sp³-hybridized carbons (Fsp3) is 0.0870. The molecule has 0 unspecified atom stereocenters. The number of allylic oxidation sites excluding steroid dienone is 1. The molecule has 7 nitrogen and oxygen atoms in total. The van der Waals surface area contributed by atoms with Crippen LogP contribution < -0.4 is 20.3 Å². The maximum Gasteiger partial charge on any atom is 0.269 e. The Hall–Kier alpha value is -3.49.